The molecule has 2 rings (SSSR count). The molecule has 142 valence electrons. The highest BCUT2D eigenvalue weighted by Crippen LogP contribution is 2.25. The Morgan fingerprint density at radius 1 is 1.27 bits per heavy atom. The summed E-state index contributed by atoms with van der Waals surface area (Å²) in [6.45, 7) is 1.97. The lowest BCUT2D eigenvalue weighted by Gasteiger charge is -2.30. The Balaban J connectivity index is 1.98. The van der Waals surface area contributed by atoms with E-state index >= 15 is 0 Å². The highest BCUT2D eigenvalue weighted by Gasteiger charge is 2.31. The molecule has 1 saturated carbocycles. The number of ether oxygens (including phenoxy) is 1. The van der Waals surface area contributed by atoms with Crippen LogP contribution in [-0.4, -0.2) is 38.1 Å². The van der Waals surface area contributed by atoms with Crippen LogP contribution in [0.3, 0.4) is 0 Å². The van der Waals surface area contributed by atoms with Crippen LogP contribution >= 0.6 is 0 Å². The van der Waals surface area contributed by atoms with Crippen LogP contribution in [0.1, 0.15) is 32.6 Å². The Morgan fingerprint density at radius 3 is 2.62 bits per heavy atom. The quantitative estimate of drug-likeness (QED) is 0.376. The molecule has 1 aromatic carbocycles. The minimum atomic E-state index is -3.55. The lowest BCUT2D eigenvalue weighted by molar-refractivity contribution is -0.135. The summed E-state index contributed by atoms with van der Waals surface area (Å²) in [7, 11) is -3.55. The van der Waals surface area contributed by atoms with Crippen molar-refractivity contribution in [2.45, 2.75) is 43.5 Å². The summed E-state index contributed by atoms with van der Waals surface area (Å²) < 4.78 is 30.4. The van der Waals surface area contributed by atoms with E-state index in [0.29, 0.717) is 18.6 Å². The minimum absolute atomic E-state index is 0.179. The summed E-state index contributed by atoms with van der Waals surface area (Å²) in [5.41, 5.74) is 1.67. The molecule has 0 saturated heterocycles. The topological polar surface area (TPSA) is 105 Å². The SMILES string of the molecule is CC#CCOc1ccc(S(=O)(=O)CNC2CCCCC2C(=O)NO)cc1. The lowest BCUT2D eigenvalue weighted by atomic mass is 9.84. The van der Waals surface area contributed by atoms with Crippen LogP contribution in [0.15, 0.2) is 29.2 Å². The summed E-state index contributed by atoms with van der Waals surface area (Å²) in [5.74, 6) is 4.85. The third-order valence-corrected chi connectivity index (χ3v) is 5.96. The van der Waals surface area contributed by atoms with Crippen LogP contribution in [-0.2, 0) is 14.6 Å². The molecule has 7 nitrogen and oxygen atoms in total. The molecule has 1 aliphatic rings. The van der Waals surface area contributed by atoms with E-state index in [4.69, 9.17) is 9.94 Å². The fourth-order valence-electron chi connectivity index (χ4n) is 3.01. The van der Waals surface area contributed by atoms with Gasteiger partial charge < -0.3 is 4.74 Å². The first kappa shape index (κ1) is 20.2. The van der Waals surface area contributed by atoms with Gasteiger partial charge in [0, 0.05) is 6.04 Å². The summed E-state index contributed by atoms with van der Waals surface area (Å²) in [4.78, 5) is 11.9. The number of sulfone groups is 1. The van der Waals surface area contributed by atoms with Gasteiger partial charge in [-0.25, -0.2) is 13.9 Å². The number of benzene rings is 1. The number of hydrogen-bond donors (Lipinski definition) is 3. The molecule has 2 atom stereocenters. The van der Waals surface area contributed by atoms with Gasteiger partial charge in [0.15, 0.2) is 9.84 Å². The molecule has 0 aliphatic heterocycles. The first-order valence-electron chi connectivity index (χ1n) is 8.50. The number of rotatable bonds is 7. The minimum Gasteiger partial charge on any atom is -0.481 e. The molecule has 1 fully saturated rings. The van der Waals surface area contributed by atoms with Gasteiger partial charge in [-0.15, -0.1) is 5.92 Å². The molecule has 0 spiro atoms. The molecule has 0 heterocycles. The third kappa shape index (κ3) is 5.46. The standard InChI is InChI=1S/C18H24N2O5S/c1-2-3-12-25-14-8-10-15(11-9-14)26(23,24)13-19-17-7-5-4-6-16(17)18(21)20-22/h8-11,16-17,19,22H,4-7,12-13H2,1H3,(H,20,21). The van der Waals surface area contributed by atoms with E-state index in [1.807, 2.05) is 0 Å². The van der Waals surface area contributed by atoms with Crippen molar-refractivity contribution in [2.75, 3.05) is 12.5 Å². The Kier molecular flexibility index (Phi) is 7.45. The van der Waals surface area contributed by atoms with Gasteiger partial charge in [-0.3, -0.25) is 15.3 Å². The smallest absolute Gasteiger partial charge is 0.248 e. The van der Waals surface area contributed by atoms with E-state index in [2.05, 4.69) is 17.2 Å². The van der Waals surface area contributed by atoms with Crippen molar-refractivity contribution in [1.29, 1.82) is 0 Å². The second-order valence-electron chi connectivity index (χ2n) is 6.12. The third-order valence-electron chi connectivity index (χ3n) is 4.42. The highest BCUT2D eigenvalue weighted by atomic mass is 32.2. The Bertz CT molecular complexity index is 765. The zero-order valence-corrected chi connectivity index (χ0v) is 15.5. The van der Waals surface area contributed by atoms with Crippen LogP contribution in [0.25, 0.3) is 0 Å². The molecule has 0 bridgehead atoms. The monoisotopic (exact) mass is 380 g/mol. The average molecular weight is 380 g/mol. The Morgan fingerprint density at radius 2 is 1.96 bits per heavy atom. The van der Waals surface area contributed by atoms with E-state index in [1.165, 1.54) is 12.1 Å². The van der Waals surface area contributed by atoms with Crippen molar-refractivity contribution in [3.05, 3.63) is 24.3 Å². The van der Waals surface area contributed by atoms with Crippen molar-refractivity contribution >= 4 is 15.7 Å². The zero-order chi connectivity index (χ0) is 19.0. The Hall–Kier alpha value is -2.08. The molecule has 3 N–H and O–H groups in total. The van der Waals surface area contributed by atoms with E-state index in [-0.39, 0.29) is 23.4 Å². The lowest BCUT2D eigenvalue weighted by Crippen LogP contribution is -2.47. The second-order valence-corrected chi connectivity index (χ2v) is 8.11. The zero-order valence-electron chi connectivity index (χ0n) is 14.7. The molecule has 1 aliphatic carbocycles. The number of hydrogen-bond acceptors (Lipinski definition) is 6. The molecular formula is C18H24N2O5S. The van der Waals surface area contributed by atoms with Crippen LogP contribution < -0.4 is 15.5 Å². The first-order chi connectivity index (χ1) is 12.5. The van der Waals surface area contributed by atoms with Crippen LogP contribution in [0.2, 0.25) is 0 Å². The molecule has 26 heavy (non-hydrogen) atoms. The maximum Gasteiger partial charge on any atom is 0.248 e. The van der Waals surface area contributed by atoms with Gasteiger partial charge in [-0.2, -0.15) is 0 Å². The van der Waals surface area contributed by atoms with Gasteiger partial charge in [0.25, 0.3) is 0 Å². The summed E-state index contributed by atoms with van der Waals surface area (Å²) >= 11 is 0. The molecule has 1 amide bonds. The molecule has 2 unspecified atom stereocenters. The predicted molar refractivity (Wildman–Crippen MR) is 96.3 cm³/mol. The maximum atomic E-state index is 12.5. The van der Waals surface area contributed by atoms with E-state index < -0.39 is 21.7 Å². The van der Waals surface area contributed by atoms with Crippen molar-refractivity contribution < 1.29 is 23.2 Å². The van der Waals surface area contributed by atoms with Gasteiger partial charge in [0.1, 0.15) is 18.2 Å². The van der Waals surface area contributed by atoms with Crippen LogP contribution in [0.5, 0.6) is 5.75 Å². The number of nitrogens with one attached hydrogen (secondary N) is 2. The van der Waals surface area contributed by atoms with Crippen LogP contribution in [0.4, 0.5) is 0 Å². The van der Waals surface area contributed by atoms with Crippen molar-refractivity contribution in [3.8, 4) is 17.6 Å². The summed E-state index contributed by atoms with van der Waals surface area (Å²) in [5, 5.41) is 11.8. The van der Waals surface area contributed by atoms with E-state index in [0.717, 1.165) is 12.8 Å². The molecule has 8 heteroatoms. The maximum absolute atomic E-state index is 12.5. The van der Waals surface area contributed by atoms with E-state index in [1.54, 1.807) is 24.5 Å². The first-order valence-corrected chi connectivity index (χ1v) is 10.2. The largest absolute Gasteiger partial charge is 0.481 e. The van der Waals surface area contributed by atoms with Crippen molar-refractivity contribution in [3.63, 3.8) is 0 Å². The van der Waals surface area contributed by atoms with Crippen molar-refractivity contribution in [2.24, 2.45) is 5.92 Å². The predicted octanol–water partition coefficient (Wildman–Crippen LogP) is 1.47. The second kappa shape index (κ2) is 9.57. The fraction of sp³-hybridized carbons (Fsp3) is 0.500. The summed E-state index contributed by atoms with van der Waals surface area (Å²) in [6, 6.07) is 5.88. The number of carbonyl (C=O) groups is 1. The highest BCUT2D eigenvalue weighted by molar-refractivity contribution is 7.91. The average Bonchev–Trinajstić information content (AvgIpc) is 2.66. The molecular weight excluding hydrogens is 356 g/mol. The normalized spacial score (nSPS) is 19.9. The Labute approximate surface area is 154 Å². The van der Waals surface area contributed by atoms with E-state index in [9.17, 15) is 13.2 Å². The number of carbonyl (C=O) groups excluding carboxylic acids is 1. The van der Waals surface area contributed by atoms with Gasteiger partial charge >= 0.3 is 0 Å². The molecule has 0 aromatic heterocycles. The van der Waals surface area contributed by atoms with Gasteiger partial charge in [0.2, 0.25) is 5.91 Å². The number of hydroxylamine groups is 1. The van der Waals surface area contributed by atoms with Gasteiger partial charge in [-0.05, 0) is 44.0 Å². The van der Waals surface area contributed by atoms with Gasteiger partial charge in [0.05, 0.1) is 10.8 Å². The van der Waals surface area contributed by atoms with Gasteiger partial charge in [-0.1, -0.05) is 18.8 Å². The van der Waals surface area contributed by atoms with Crippen molar-refractivity contribution in [1.82, 2.24) is 10.8 Å². The van der Waals surface area contributed by atoms with Crippen LogP contribution in [0, 0.1) is 17.8 Å². The summed E-state index contributed by atoms with van der Waals surface area (Å²) in [6.07, 6.45) is 3.11. The fourth-order valence-corrected chi connectivity index (χ4v) is 4.16. The molecule has 1 aromatic rings. The molecule has 0 radical (unpaired) electrons. The number of amides is 1.